The van der Waals surface area contributed by atoms with E-state index in [1.54, 1.807) is 0 Å². The average molecular weight is 300 g/mol. The van der Waals surface area contributed by atoms with E-state index in [2.05, 4.69) is 34.3 Å². The quantitative estimate of drug-likeness (QED) is 0.850. The van der Waals surface area contributed by atoms with E-state index in [4.69, 9.17) is 10.5 Å². The molecule has 0 fully saturated rings. The highest BCUT2D eigenvalue weighted by Crippen LogP contribution is 2.30. The maximum Gasteiger partial charge on any atom is 0.242 e. The molecular weight excluding hydrogens is 276 g/mol. The molecule has 0 aliphatic heterocycles. The molecule has 0 saturated carbocycles. The lowest BCUT2D eigenvalue weighted by Gasteiger charge is -2.19. The number of nitrogen functional groups attached to an aromatic ring is 1. The van der Waals surface area contributed by atoms with Crippen molar-refractivity contribution in [1.29, 1.82) is 0 Å². The van der Waals surface area contributed by atoms with Crippen LogP contribution in [0.2, 0.25) is 0 Å². The molecular formula is C17H24N4O. The summed E-state index contributed by atoms with van der Waals surface area (Å²) in [5.74, 6) is 2.00. The first-order valence-corrected chi connectivity index (χ1v) is 7.64. The predicted octanol–water partition coefficient (Wildman–Crippen LogP) is 3.75. The largest absolute Gasteiger partial charge is 0.476 e. The number of nitrogens with zero attached hydrogens (tertiary/aromatic N) is 2. The van der Waals surface area contributed by atoms with Gasteiger partial charge in [-0.25, -0.2) is 4.98 Å². The molecule has 0 saturated heterocycles. The third-order valence-corrected chi connectivity index (χ3v) is 3.38. The van der Waals surface area contributed by atoms with Crippen molar-refractivity contribution >= 4 is 11.5 Å². The van der Waals surface area contributed by atoms with Crippen LogP contribution in [0.1, 0.15) is 51.0 Å². The SMILES string of the molecule is CCOc1nc(C(C)C)nc(NC(C)c2ccccc2)c1N. The van der Waals surface area contributed by atoms with Crippen molar-refractivity contribution < 1.29 is 4.74 Å². The van der Waals surface area contributed by atoms with Gasteiger partial charge in [0.15, 0.2) is 5.82 Å². The Morgan fingerprint density at radius 3 is 2.41 bits per heavy atom. The normalized spacial score (nSPS) is 12.2. The Morgan fingerprint density at radius 1 is 1.14 bits per heavy atom. The number of benzene rings is 1. The van der Waals surface area contributed by atoms with Crippen LogP contribution in [0.3, 0.4) is 0 Å². The molecule has 22 heavy (non-hydrogen) atoms. The van der Waals surface area contributed by atoms with E-state index in [0.29, 0.717) is 24.0 Å². The zero-order valence-electron chi connectivity index (χ0n) is 13.6. The van der Waals surface area contributed by atoms with Gasteiger partial charge in [0.2, 0.25) is 5.88 Å². The van der Waals surface area contributed by atoms with Gasteiger partial charge in [-0.3, -0.25) is 0 Å². The molecule has 0 spiro atoms. The fourth-order valence-electron chi connectivity index (χ4n) is 2.11. The zero-order chi connectivity index (χ0) is 16.1. The summed E-state index contributed by atoms with van der Waals surface area (Å²) >= 11 is 0. The molecule has 2 rings (SSSR count). The summed E-state index contributed by atoms with van der Waals surface area (Å²) < 4.78 is 5.54. The summed E-state index contributed by atoms with van der Waals surface area (Å²) in [5.41, 5.74) is 7.78. The summed E-state index contributed by atoms with van der Waals surface area (Å²) in [5, 5.41) is 3.36. The van der Waals surface area contributed by atoms with Gasteiger partial charge < -0.3 is 15.8 Å². The molecule has 0 bridgehead atoms. The van der Waals surface area contributed by atoms with E-state index in [-0.39, 0.29) is 12.0 Å². The van der Waals surface area contributed by atoms with Crippen molar-refractivity contribution in [2.24, 2.45) is 0 Å². The van der Waals surface area contributed by atoms with Gasteiger partial charge in [-0.1, -0.05) is 44.2 Å². The molecule has 1 atom stereocenters. The molecule has 118 valence electrons. The van der Waals surface area contributed by atoms with Gasteiger partial charge >= 0.3 is 0 Å². The van der Waals surface area contributed by atoms with Gasteiger partial charge in [0, 0.05) is 5.92 Å². The van der Waals surface area contributed by atoms with Gasteiger partial charge in [-0.15, -0.1) is 0 Å². The first-order valence-electron chi connectivity index (χ1n) is 7.64. The molecule has 1 heterocycles. The number of hydrogen-bond acceptors (Lipinski definition) is 5. The van der Waals surface area contributed by atoms with Crippen molar-refractivity contribution in [3.05, 3.63) is 41.7 Å². The third-order valence-electron chi connectivity index (χ3n) is 3.38. The Balaban J connectivity index is 2.33. The van der Waals surface area contributed by atoms with Gasteiger partial charge in [-0.2, -0.15) is 4.98 Å². The number of nitrogens with one attached hydrogen (secondary N) is 1. The first-order chi connectivity index (χ1) is 10.5. The van der Waals surface area contributed by atoms with Crippen LogP contribution in [0, 0.1) is 0 Å². The molecule has 5 heteroatoms. The first kappa shape index (κ1) is 16.1. The predicted molar refractivity (Wildman–Crippen MR) is 90.2 cm³/mol. The lowest BCUT2D eigenvalue weighted by Crippen LogP contribution is -2.14. The van der Waals surface area contributed by atoms with Crippen LogP contribution in [0.4, 0.5) is 11.5 Å². The average Bonchev–Trinajstić information content (AvgIpc) is 2.51. The molecule has 1 unspecified atom stereocenters. The summed E-state index contributed by atoms with van der Waals surface area (Å²) in [6.07, 6.45) is 0. The van der Waals surface area contributed by atoms with Crippen molar-refractivity contribution in [3.8, 4) is 5.88 Å². The van der Waals surface area contributed by atoms with Crippen LogP contribution in [-0.4, -0.2) is 16.6 Å². The number of ether oxygens (including phenoxy) is 1. The monoisotopic (exact) mass is 300 g/mol. The number of anilines is 2. The Morgan fingerprint density at radius 2 is 1.82 bits per heavy atom. The number of aromatic nitrogens is 2. The number of hydrogen-bond donors (Lipinski definition) is 2. The minimum absolute atomic E-state index is 0.0906. The molecule has 5 nitrogen and oxygen atoms in total. The van der Waals surface area contributed by atoms with E-state index in [1.807, 2.05) is 39.0 Å². The van der Waals surface area contributed by atoms with Crippen LogP contribution in [0.25, 0.3) is 0 Å². The van der Waals surface area contributed by atoms with E-state index < -0.39 is 0 Å². The highest BCUT2D eigenvalue weighted by molar-refractivity contribution is 5.67. The van der Waals surface area contributed by atoms with Crippen LogP contribution >= 0.6 is 0 Å². The lowest BCUT2D eigenvalue weighted by atomic mass is 10.1. The Bertz CT molecular complexity index is 614. The van der Waals surface area contributed by atoms with Crippen LogP contribution < -0.4 is 15.8 Å². The van der Waals surface area contributed by atoms with Gasteiger partial charge in [0.25, 0.3) is 0 Å². The van der Waals surface area contributed by atoms with E-state index in [1.165, 1.54) is 5.56 Å². The summed E-state index contributed by atoms with van der Waals surface area (Å²) in [6.45, 7) is 8.60. The number of rotatable bonds is 6. The topological polar surface area (TPSA) is 73.1 Å². The Kier molecular flexibility index (Phi) is 5.20. The summed E-state index contributed by atoms with van der Waals surface area (Å²) in [7, 11) is 0. The van der Waals surface area contributed by atoms with E-state index >= 15 is 0 Å². The molecule has 1 aromatic carbocycles. The molecule has 0 radical (unpaired) electrons. The molecule has 2 aromatic rings. The summed E-state index contributed by atoms with van der Waals surface area (Å²) in [6, 6.07) is 10.3. The van der Waals surface area contributed by atoms with E-state index in [0.717, 1.165) is 5.82 Å². The molecule has 3 N–H and O–H groups in total. The fourth-order valence-corrected chi connectivity index (χ4v) is 2.11. The smallest absolute Gasteiger partial charge is 0.242 e. The second-order valence-electron chi connectivity index (χ2n) is 5.51. The highest BCUT2D eigenvalue weighted by Gasteiger charge is 2.16. The molecule has 0 aliphatic carbocycles. The maximum absolute atomic E-state index is 6.15. The molecule has 1 aromatic heterocycles. The molecule has 0 aliphatic rings. The number of nitrogens with two attached hydrogens (primary N) is 1. The van der Waals surface area contributed by atoms with Crippen LogP contribution in [0.5, 0.6) is 5.88 Å². The van der Waals surface area contributed by atoms with Gasteiger partial charge in [-0.05, 0) is 19.4 Å². The van der Waals surface area contributed by atoms with Crippen LogP contribution in [0.15, 0.2) is 30.3 Å². The molecule has 0 amide bonds. The van der Waals surface area contributed by atoms with Gasteiger partial charge in [0.05, 0.1) is 12.6 Å². The summed E-state index contributed by atoms with van der Waals surface area (Å²) in [4.78, 5) is 8.96. The van der Waals surface area contributed by atoms with Crippen molar-refractivity contribution in [2.75, 3.05) is 17.7 Å². The van der Waals surface area contributed by atoms with Crippen molar-refractivity contribution in [1.82, 2.24) is 9.97 Å². The fraction of sp³-hybridized carbons (Fsp3) is 0.412. The lowest BCUT2D eigenvalue weighted by molar-refractivity contribution is 0.326. The van der Waals surface area contributed by atoms with Crippen molar-refractivity contribution in [3.63, 3.8) is 0 Å². The Hall–Kier alpha value is -2.30. The Labute approximate surface area is 131 Å². The second-order valence-corrected chi connectivity index (χ2v) is 5.51. The standard InChI is InChI=1S/C17H24N4O/c1-5-22-17-14(18)16(20-15(21-17)11(2)3)19-12(4)13-9-7-6-8-10-13/h6-12H,5,18H2,1-4H3,(H,19,20,21). The highest BCUT2D eigenvalue weighted by atomic mass is 16.5. The zero-order valence-corrected chi connectivity index (χ0v) is 13.6. The van der Waals surface area contributed by atoms with E-state index in [9.17, 15) is 0 Å². The van der Waals surface area contributed by atoms with Crippen LogP contribution in [-0.2, 0) is 0 Å². The minimum Gasteiger partial charge on any atom is -0.476 e. The second kappa shape index (κ2) is 7.11. The van der Waals surface area contributed by atoms with Gasteiger partial charge in [0.1, 0.15) is 11.5 Å². The third kappa shape index (κ3) is 3.67. The maximum atomic E-state index is 6.15. The minimum atomic E-state index is 0.0906. The van der Waals surface area contributed by atoms with Crippen molar-refractivity contribution in [2.45, 2.75) is 39.7 Å².